The van der Waals surface area contributed by atoms with Crippen molar-refractivity contribution in [2.24, 2.45) is 0 Å². The van der Waals surface area contributed by atoms with E-state index in [1.807, 2.05) is 0 Å². The van der Waals surface area contributed by atoms with Gasteiger partial charge in [-0.15, -0.1) is 0 Å². The molecule has 1 N–H and O–H groups in total. The lowest BCUT2D eigenvalue weighted by Crippen LogP contribution is -2.40. The number of H-pyrrole nitrogens is 1. The summed E-state index contributed by atoms with van der Waals surface area (Å²) in [7, 11) is -4.16. The van der Waals surface area contributed by atoms with E-state index in [9.17, 15) is 22.8 Å². The Bertz CT molecular complexity index is 1350. The molecule has 8 nitrogen and oxygen atoms in total. The van der Waals surface area contributed by atoms with Gasteiger partial charge in [0.05, 0.1) is 16.5 Å². The van der Waals surface area contributed by atoms with Gasteiger partial charge >= 0.3 is 0 Å². The van der Waals surface area contributed by atoms with Gasteiger partial charge in [-0.2, -0.15) is 0 Å². The first-order chi connectivity index (χ1) is 12.8. The van der Waals surface area contributed by atoms with Gasteiger partial charge in [0.2, 0.25) is 0 Å². The molecule has 4 rings (SSSR count). The number of rotatable bonds is 2. The third kappa shape index (κ3) is 2.53. The van der Waals surface area contributed by atoms with Crippen LogP contribution in [0.25, 0.3) is 10.9 Å². The maximum Gasteiger partial charge on any atom is 0.269 e. The first-order valence-corrected chi connectivity index (χ1v) is 9.60. The number of amides is 1. The minimum atomic E-state index is -4.16. The van der Waals surface area contributed by atoms with E-state index in [0.29, 0.717) is 14.4 Å². The van der Waals surface area contributed by atoms with E-state index in [0.717, 1.165) is 0 Å². The van der Waals surface area contributed by atoms with E-state index in [1.165, 1.54) is 30.3 Å². The van der Waals surface area contributed by atoms with Gasteiger partial charge in [-0.25, -0.2) is 17.3 Å². The van der Waals surface area contributed by atoms with Crippen molar-refractivity contribution in [3.05, 3.63) is 69.2 Å². The number of aromatic amines is 1. The predicted octanol–water partition coefficient (Wildman–Crippen LogP) is 1.54. The van der Waals surface area contributed by atoms with Crippen molar-refractivity contribution < 1.29 is 18.0 Å². The van der Waals surface area contributed by atoms with Crippen LogP contribution in [0.3, 0.4) is 0 Å². The number of carbonyl (C=O) groups is 2. The van der Waals surface area contributed by atoms with E-state index < -0.39 is 33.9 Å². The van der Waals surface area contributed by atoms with Gasteiger partial charge in [-0.05, 0) is 36.5 Å². The third-order valence-electron chi connectivity index (χ3n) is 4.25. The molecule has 1 aliphatic rings. The largest absolute Gasteiger partial charge is 0.331 e. The van der Waals surface area contributed by atoms with Gasteiger partial charge < -0.3 is 4.98 Å². The highest BCUT2D eigenvalue weighted by Crippen LogP contribution is 2.29. The smallest absolute Gasteiger partial charge is 0.269 e. The summed E-state index contributed by atoms with van der Waals surface area (Å²) in [5.41, 5.74) is -0.240. The Labute approximate surface area is 157 Å². The highest BCUT2D eigenvalue weighted by Gasteiger charge is 2.42. The number of nitrogens with zero attached hydrogens (tertiary/aromatic N) is 2. The first-order valence-electron chi connectivity index (χ1n) is 7.76. The number of nitrogens with one attached hydrogen (secondary N) is 1. The second-order valence-electron chi connectivity index (χ2n) is 5.82. The summed E-state index contributed by atoms with van der Waals surface area (Å²) in [6.45, 7) is -0.828. The van der Waals surface area contributed by atoms with Crippen LogP contribution in [0.1, 0.15) is 15.2 Å². The number of hydrogen-bond acceptors (Lipinski definition) is 6. The minimum absolute atomic E-state index is 0.0127. The number of benzene rings is 2. The number of sulfonamides is 1. The molecular formula is C17H11N3O5S2. The Balaban J connectivity index is 1.79. The van der Waals surface area contributed by atoms with E-state index in [4.69, 9.17) is 12.2 Å². The second-order valence-corrected chi connectivity index (χ2v) is 8.04. The molecule has 2 heterocycles. The molecule has 27 heavy (non-hydrogen) atoms. The van der Waals surface area contributed by atoms with Gasteiger partial charge in [-0.3, -0.25) is 14.4 Å². The highest BCUT2D eigenvalue weighted by molar-refractivity contribution is 7.90. The molecule has 1 aliphatic heterocycles. The molecule has 2 aromatic carbocycles. The molecule has 0 atom stereocenters. The molecular weight excluding hydrogens is 390 g/mol. The number of carbonyl (C=O) groups excluding carboxylic acids is 2. The second kappa shape index (κ2) is 5.96. The van der Waals surface area contributed by atoms with Crippen LogP contribution in [0.15, 0.2) is 58.2 Å². The van der Waals surface area contributed by atoms with Crippen LogP contribution in [-0.4, -0.2) is 40.6 Å². The molecule has 0 saturated heterocycles. The average Bonchev–Trinajstić information content (AvgIpc) is 2.83. The lowest BCUT2D eigenvalue weighted by Gasteiger charge is -2.15. The van der Waals surface area contributed by atoms with Crippen LogP contribution in [0.5, 0.6) is 0 Å². The Hall–Kier alpha value is -3.11. The molecule has 0 aliphatic carbocycles. The molecule has 0 spiro atoms. The van der Waals surface area contributed by atoms with Crippen molar-refractivity contribution in [3.8, 4) is 0 Å². The van der Waals surface area contributed by atoms with E-state index in [2.05, 4.69) is 4.98 Å². The summed E-state index contributed by atoms with van der Waals surface area (Å²) in [6.07, 6.45) is 0. The molecule has 0 unspecified atom stereocenters. The maximum absolute atomic E-state index is 12.7. The number of fused-ring (bicyclic) bond motifs is 2. The molecule has 3 aromatic rings. The van der Waals surface area contributed by atoms with Crippen LogP contribution < -0.4 is 5.56 Å². The van der Waals surface area contributed by atoms with Crippen molar-refractivity contribution in [2.75, 3.05) is 6.54 Å². The van der Waals surface area contributed by atoms with Crippen LogP contribution >= 0.6 is 12.2 Å². The minimum Gasteiger partial charge on any atom is -0.331 e. The third-order valence-corrected chi connectivity index (χ3v) is 6.32. The number of aromatic nitrogens is 2. The molecule has 10 heteroatoms. The van der Waals surface area contributed by atoms with Crippen molar-refractivity contribution in [1.29, 1.82) is 0 Å². The summed E-state index contributed by atoms with van der Waals surface area (Å²) in [4.78, 5) is 40.3. The lowest BCUT2D eigenvalue weighted by molar-refractivity contribution is 0.0782. The SMILES string of the molecule is O=C1c2ccccc2S(=O)(=O)N1CC(=O)n1c(=S)[nH]c2ccccc2c1=O. The van der Waals surface area contributed by atoms with Crippen LogP contribution in [0.2, 0.25) is 0 Å². The zero-order chi connectivity index (χ0) is 19.3. The van der Waals surface area contributed by atoms with Crippen molar-refractivity contribution in [3.63, 3.8) is 0 Å². The normalized spacial score (nSPS) is 15.1. The number of para-hydroxylation sites is 1. The summed E-state index contributed by atoms with van der Waals surface area (Å²) in [5.74, 6) is -1.74. The zero-order valence-electron chi connectivity index (χ0n) is 13.6. The highest BCUT2D eigenvalue weighted by atomic mass is 32.2. The van der Waals surface area contributed by atoms with Gasteiger partial charge in [0, 0.05) is 0 Å². The Kier molecular flexibility index (Phi) is 3.82. The molecule has 0 bridgehead atoms. The van der Waals surface area contributed by atoms with Gasteiger partial charge in [-0.1, -0.05) is 24.3 Å². The standard InChI is InChI=1S/C17H11N3O5S2/c21-14(20-16(23)10-5-1-3-7-12(10)18-17(20)26)9-19-15(22)11-6-2-4-8-13(11)27(19,24)25/h1-8H,9H2,(H,18,26). The topological polar surface area (TPSA) is 109 Å². The summed E-state index contributed by atoms with van der Waals surface area (Å²) >= 11 is 5.07. The van der Waals surface area contributed by atoms with Crippen LogP contribution in [0, 0.1) is 4.77 Å². The fourth-order valence-corrected chi connectivity index (χ4v) is 4.78. The molecule has 136 valence electrons. The van der Waals surface area contributed by atoms with E-state index in [1.54, 1.807) is 18.2 Å². The fraction of sp³-hybridized carbons (Fsp3) is 0.0588. The van der Waals surface area contributed by atoms with Crippen molar-refractivity contribution >= 4 is 45.0 Å². The molecule has 1 aromatic heterocycles. The first kappa shape index (κ1) is 17.3. The van der Waals surface area contributed by atoms with E-state index >= 15 is 0 Å². The molecule has 0 fully saturated rings. The van der Waals surface area contributed by atoms with E-state index in [-0.39, 0.29) is 20.6 Å². The Morgan fingerprint density at radius 2 is 1.70 bits per heavy atom. The quantitative estimate of drug-likeness (QED) is 0.653. The van der Waals surface area contributed by atoms with Gasteiger partial charge in [0.15, 0.2) is 4.77 Å². The number of hydrogen-bond donors (Lipinski definition) is 1. The summed E-state index contributed by atoms with van der Waals surface area (Å²) in [5, 5.41) is 0.221. The van der Waals surface area contributed by atoms with Crippen LogP contribution in [-0.2, 0) is 10.0 Å². The lowest BCUT2D eigenvalue weighted by atomic mass is 10.2. The predicted molar refractivity (Wildman–Crippen MR) is 98.7 cm³/mol. The monoisotopic (exact) mass is 401 g/mol. The maximum atomic E-state index is 12.7. The molecule has 0 saturated carbocycles. The Morgan fingerprint density at radius 1 is 1.04 bits per heavy atom. The summed E-state index contributed by atoms with van der Waals surface area (Å²) < 4.78 is 26.1. The fourth-order valence-electron chi connectivity index (χ4n) is 2.97. The van der Waals surface area contributed by atoms with Gasteiger partial charge in [0.1, 0.15) is 11.4 Å². The molecule has 1 amide bonds. The zero-order valence-corrected chi connectivity index (χ0v) is 15.2. The Morgan fingerprint density at radius 3 is 2.44 bits per heavy atom. The van der Waals surface area contributed by atoms with Gasteiger partial charge in [0.25, 0.3) is 27.4 Å². The van der Waals surface area contributed by atoms with Crippen LogP contribution in [0.4, 0.5) is 0 Å². The average molecular weight is 401 g/mol. The molecule has 0 radical (unpaired) electrons. The summed E-state index contributed by atoms with van der Waals surface area (Å²) in [6, 6.07) is 12.1. The van der Waals surface area contributed by atoms with Crippen molar-refractivity contribution in [2.45, 2.75) is 4.90 Å². The van der Waals surface area contributed by atoms with Crippen molar-refractivity contribution in [1.82, 2.24) is 13.9 Å².